The van der Waals surface area contributed by atoms with E-state index in [9.17, 15) is 12.8 Å². The minimum Gasteiger partial charge on any atom is -0.326 e. The Morgan fingerprint density at radius 1 is 1.47 bits per heavy atom. The average Bonchev–Trinajstić information content (AvgIpc) is 2.90. The maximum atomic E-state index is 13.6. The summed E-state index contributed by atoms with van der Waals surface area (Å²) >= 11 is 1.81. The lowest BCUT2D eigenvalue weighted by molar-refractivity contribution is 0.534. The Bertz CT molecular complexity index is 543. The summed E-state index contributed by atoms with van der Waals surface area (Å²) < 4.78 is 40.3. The number of benzene rings is 1. The Hall–Kier alpha value is -0.630. The molecule has 0 spiro atoms. The van der Waals surface area contributed by atoms with Crippen LogP contribution in [0.15, 0.2) is 23.1 Å². The fraction of sp³-hybridized carbons (Fsp3) is 0.500. The molecule has 4 nitrogen and oxygen atoms in total. The zero-order chi connectivity index (χ0) is 13.9. The zero-order valence-electron chi connectivity index (χ0n) is 10.4. The van der Waals surface area contributed by atoms with Crippen LogP contribution in [0.2, 0.25) is 0 Å². The summed E-state index contributed by atoms with van der Waals surface area (Å²) in [5, 5.41) is 0. The van der Waals surface area contributed by atoms with Gasteiger partial charge in [0.2, 0.25) is 10.0 Å². The van der Waals surface area contributed by atoms with Crippen molar-refractivity contribution in [2.45, 2.75) is 17.9 Å². The van der Waals surface area contributed by atoms with Crippen LogP contribution in [0.4, 0.5) is 4.39 Å². The molecule has 2 rings (SSSR count). The molecule has 1 aliphatic rings. The summed E-state index contributed by atoms with van der Waals surface area (Å²) in [6, 6.07) is 3.92. The van der Waals surface area contributed by atoms with E-state index in [0.29, 0.717) is 18.0 Å². The lowest BCUT2D eigenvalue weighted by Crippen LogP contribution is -2.30. The molecule has 0 bridgehead atoms. The molecule has 3 N–H and O–H groups in total. The summed E-state index contributed by atoms with van der Waals surface area (Å²) in [5.74, 6) is 1.60. The summed E-state index contributed by atoms with van der Waals surface area (Å²) in [5.41, 5.74) is 6.04. The van der Waals surface area contributed by atoms with Gasteiger partial charge in [-0.15, -0.1) is 0 Å². The predicted octanol–water partition coefficient (Wildman–Crippen LogP) is 1.32. The van der Waals surface area contributed by atoms with Crippen molar-refractivity contribution in [1.82, 2.24) is 4.72 Å². The second-order valence-corrected chi connectivity index (χ2v) is 7.44. The number of thioether (sulfide) groups is 1. The van der Waals surface area contributed by atoms with Crippen molar-refractivity contribution >= 4 is 21.8 Å². The summed E-state index contributed by atoms with van der Waals surface area (Å²) in [6.07, 6.45) is 0.999. The summed E-state index contributed by atoms with van der Waals surface area (Å²) in [4.78, 5) is -0.318. The maximum Gasteiger partial charge on any atom is 0.243 e. The van der Waals surface area contributed by atoms with Crippen molar-refractivity contribution in [3.63, 3.8) is 0 Å². The molecule has 1 aromatic carbocycles. The first-order chi connectivity index (χ1) is 9.03. The van der Waals surface area contributed by atoms with E-state index in [1.54, 1.807) is 0 Å². The number of rotatable bonds is 5. The lowest BCUT2D eigenvalue weighted by atomic mass is 10.1. The standard InChI is InChI=1S/C12H17FN2O2S2/c13-11-2-1-9(6-14)5-12(11)19(16,17)15-7-10-3-4-18-8-10/h1-2,5,10,15H,3-4,6-8,14H2. The van der Waals surface area contributed by atoms with Gasteiger partial charge in [-0.25, -0.2) is 17.5 Å². The molecule has 1 fully saturated rings. The van der Waals surface area contributed by atoms with Crippen LogP contribution in [0.5, 0.6) is 0 Å². The van der Waals surface area contributed by atoms with E-state index in [4.69, 9.17) is 5.73 Å². The van der Waals surface area contributed by atoms with Crippen LogP contribution in [0, 0.1) is 11.7 Å². The number of nitrogens with two attached hydrogens (primary N) is 1. The van der Waals surface area contributed by atoms with Crippen molar-refractivity contribution in [1.29, 1.82) is 0 Å². The van der Waals surface area contributed by atoms with Crippen LogP contribution >= 0.6 is 11.8 Å². The van der Waals surface area contributed by atoms with Crippen molar-refractivity contribution in [3.8, 4) is 0 Å². The van der Waals surface area contributed by atoms with Crippen molar-refractivity contribution in [2.75, 3.05) is 18.1 Å². The van der Waals surface area contributed by atoms with E-state index >= 15 is 0 Å². The second kappa shape index (κ2) is 6.21. The minimum absolute atomic E-state index is 0.183. The van der Waals surface area contributed by atoms with Gasteiger partial charge in [0.1, 0.15) is 10.7 Å². The van der Waals surface area contributed by atoms with Crippen LogP contribution in [-0.2, 0) is 16.6 Å². The highest BCUT2D eigenvalue weighted by Gasteiger charge is 2.22. The smallest absolute Gasteiger partial charge is 0.243 e. The van der Waals surface area contributed by atoms with Crippen molar-refractivity contribution in [3.05, 3.63) is 29.6 Å². The Morgan fingerprint density at radius 2 is 2.26 bits per heavy atom. The molecule has 19 heavy (non-hydrogen) atoms. The van der Waals surface area contributed by atoms with Crippen LogP contribution in [-0.4, -0.2) is 26.5 Å². The first-order valence-electron chi connectivity index (χ1n) is 6.09. The van der Waals surface area contributed by atoms with E-state index in [1.807, 2.05) is 11.8 Å². The molecule has 0 amide bonds. The van der Waals surface area contributed by atoms with Gasteiger partial charge in [0.15, 0.2) is 0 Å². The lowest BCUT2D eigenvalue weighted by Gasteiger charge is -2.12. The molecule has 1 saturated heterocycles. The third kappa shape index (κ3) is 3.68. The van der Waals surface area contributed by atoms with Crippen LogP contribution < -0.4 is 10.5 Å². The SMILES string of the molecule is NCc1ccc(F)c(S(=O)(=O)NCC2CCSC2)c1. The Kier molecular flexibility index (Phi) is 4.83. The van der Waals surface area contributed by atoms with Gasteiger partial charge in [0.05, 0.1) is 0 Å². The van der Waals surface area contributed by atoms with Gasteiger partial charge in [0, 0.05) is 13.1 Å². The molecule has 1 heterocycles. The fourth-order valence-corrected chi connectivity index (χ4v) is 4.46. The van der Waals surface area contributed by atoms with E-state index in [-0.39, 0.29) is 11.4 Å². The highest BCUT2D eigenvalue weighted by atomic mass is 32.2. The van der Waals surface area contributed by atoms with Crippen molar-refractivity contribution in [2.24, 2.45) is 11.7 Å². The molecular weight excluding hydrogens is 287 g/mol. The Morgan fingerprint density at radius 3 is 2.89 bits per heavy atom. The molecule has 0 aromatic heterocycles. The maximum absolute atomic E-state index is 13.6. The van der Waals surface area contributed by atoms with E-state index in [0.717, 1.165) is 24.0 Å². The third-order valence-corrected chi connectivity index (χ3v) is 5.78. The highest BCUT2D eigenvalue weighted by Crippen LogP contribution is 2.23. The average molecular weight is 304 g/mol. The molecule has 1 aliphatic heterocycles. The molecule has 1 unspecified atom stereocenters. The van der Waals surface area contributed by atoms with Gasteiger partial charge in [-0.3, -0.25) is 0 Å². The minimum atomic E-state index is -3.80. The number of nitrogens with one attached hydrogen (secondary N) is 1. The van der Waals surface area contributed by atoms with Gasteiger partial charge >= 0.3 is 0 Å². The molecule has 0 saturated carbocycles. The van der Waals surface area contributed by atoms with Gasteiger partial charge in [0.25, 0.3) is 0 Å². The molecule has 0 aliphatic carbocycles. The third-order valence-electron chi connectivity index (χ3n) is 3.11. The van der Waals surface area contributed by atoms with E-state index in [1.165, 1.54) is 12.1 Å². The molecule has 1 atom stereocenters. The topological polar surface area (TPSA) is 72.2 Å². The predicted molar refractivity (Wildman–Crippen MR) is 74.9 cm³/mol. The Balaban J connectivity index is 2.13. The van der Waals surface area contributed by atoms with Crippen LogP contribution in [0.25, 0.3) is 0 Å². The summed E-state index contributed by atoms with van der Waals surface area (Å²) in [7, 11) is -3.80. The fourth-order valence-electron chi connectivity index (χ4n) is 1.93. The van der Waals surface area contributed by atoms with Crippen molar-refractivity contribution < 1.29 is 12.8 Å². The van der Waals surface area contributed by atoms with Gasteiger partial charge in [-0.05, 0) is 41.5 Å². The quantitative estimate of drug-likeness (QED) is 0.860. The number of hydrogen-bond donors (Lipinski definition) is 2. The zero-order valence-corrected chi connectivity index (χ0v) is 12.1. The van der Waals surface area contributed by atoms with E-state index in [2.05, 4.69) is 4.72 Å². The number of sulfonamides is 1. The van der Waals surface area contributed by atoms with Gasteiger partial charge in [-0.1, -0.05) is 6.07 Å². The van der Waals surface area contributed by atoms with Crippen LogP contribution in [0.1, 0.15) is 12.0 Å². The van der Waals surface area contributed by atoms with Crippen LogP contribution in [0.3, 0.4) is 0 Å². The molecule has 1 aromatic rings. The van der Waals surface area contributed by atoms with E-state index < -0.39 is 15.8 Å². The Labute approximate surface area is 117 Å². The molecule has 106 valence electrons. The summed E-state index contributed by atoms with van der Waals surface area (Å²) in [6.45, 7) is 0.545. The normalized spacial score (nSPS) is 19.8. The van der Waals surface area contributed by atoms with Gasteiger partial charge in [-0.2, -0.15) is 11.8 Å². The monoisotopic (exact) mass is 304 g/mol. The number of hydrogen-bond acceptors (Lipinski definition) is 4. The molecule has 0 radical (unpaired) electrons. The highest BCUT2D eigenvalue weighted by molar-refractivity contribution is 7.99. The second-order valence-electron chi connectivity index (χ2n) is 4.55. The first kappa shape index (κ1) is 14.8. The largest absolute Gasteiger partial charge is 0.326 e. The number of halogens is 1. The first-order valence-corrected chi connectivity index (χ1v) is 8.72. The molecule has 7 heteroatoms. The van der Waals surface area contributed by atoms with Gasteiger partial charge < -0.3 is 5.73 Å². The molecular formula is C12H17FN2O2S2.